The number of thioether (sulfide) groups is 1. The summed E-state index contributed by atoms with van der Waals surface area (Å²) < 4.78 is 39.4. The number of carbonyl (C=O) groups is 2. The van der Waals surface area contributed by atoms with Crippen LogP contribution >= 0.6 is 11.8 Å². The van der Waals surface area contributed by atoms with Gasteiger partial charge in [0.05, 0.1) is 5.75 Å². The molecule has 1 aromatic carbocycles. The highest BCUT2D eigenvalue weighted by atomic mass is 32.2. The van der Waals surface area contributed by atoms with Crippen LogP contribution in [0.1, 0.15) is 37.2 Å². The van der Waals surface area contributed by atoms with Crippen LogP contribution in [0.4, 0.5) is 18.9 Å². The summed E-state index contributed by atoms with van der Waals surface area (Å²) >= 11 is 0.850. The SMILES string of the molecule is CC[C@H](C)N(CC(=O)Nc1cccc(C)c1C)C(=O)CSc1nnc(C(F)(F)F)n1C. The molecular formula is C20H26F3N5O2S. The third-order valence-corrected chi connectivity index (χ3v) is 6.05. The van der Waals surface area contributed by atoms with Gasteiger partial charge in [0.1, 0.15) is 6.54 Å². The smallest absolute Gasteiger partial charge is 0.330 e. The first-order valence-electron chi connectivity index (χ1n) is 9.70. The molecule has 1 aromatic heterocycles. The van der Waals surface area contributed by atoms with Crippen molar-refractivity contribution in [1.29, 1.82) is 0 Å². The number of carbonyl (C=O) groups excluding carboxylic acids is 2. The number of rotatable bonds is 8. The molecule has 0 saturated heterocycles. The van der Waals surface area contributed by atoms with Crippen molar-refractivity contribution < 1.29 is 22.8 Å². The van der Waals surface area contributed by atoms with Gasteiger partial charge < -0.3 is 14.8 Å². The Kier molecular flexibility index (Phi) is 8.10. The Morgan fingerprint density at radius 2 is 1.94 bits per heavy atom. The van der Waals surface area contributed by atoms with Crippen molar-refractivity contribution in [3.05, 3.63) is 35.2 Å². The summed E-state index contributed by atoms with van der Waals surface area (Å²) in [5, 5.41) is 9.47. The fraction of sp³-hybridized carbons (Fsp3) is 0.500. The highest BCUT2D eigenvalue weighted by Crippen LogP contribution is 2.29. The number of amides is 2. The predicted molar refractivity (Wildman–Crippen MR) is 113 cm³/mol. The van der Waals surface area contributed by atoms with Crippen LogP contribution in [0.3, 0.4) is 0 Å². The summed E-state index contributed by atoms with van der Waals surface area (Å²) in [7, 11) is 1.19. The Bertz CT molecular complexity index is 945. The molecular weight excluding hydrogens is 431 g/mol. The van der Waals surface area contributed by atoms with E-state index in [1.807, 2.05) is 39.8 Å². The Hall–Kier alpha value is -2.56. The van der Waals surface area contributed by atoms with Crippen molar-refractivity contribution in [2.45, 2.75) is 51.5 Å². The molecule has 1 N–H and O–H groups in total. The summed E-state index contributed by atoms with van der Waals surface area (Å²) in [6.45, 7) is 7.38. The second-order valence-electron chi connectivity index (χ2n) is 7.23. The normalized spacial score (nSPS) is 12.5. The lowest BCUT2D eigenvalue weighted by molar-refractivity contribution is -0.147. The van der Waals surface area contributed by atoms with Crippen LogP contribution in [0, 0.1) is 13.8 Å². The number of anilines is 1. The van der Waals surface area contributed by atoms with Gasteiger partial charge in [-0.15, -0.1) is 10.2 Å². The Labute approximate surface area is 183 Å². The molecule has 0 fully saturated rings. The van der Waals surface area contributed by atoms with E-state index in [1.165, 1.54) is 11.9 Å². The second-order valence-corrected chi connectivity index (χ2v) is 8.17. The number of halogens is 3. The van der Waals surface area contributed by atoms with Crippen molar-refractivity contribution in [2.75, 3.05) is 17.6 Å². The predicted octanol–water partition coefficient (Wildman–Crippen LogP) is 3.81. The van der Waals surface area contributed by atoms with Gasteiger partial charge >= 0.3 is 6.18 Å². The Morgan fingerprint density at radius 3 is 2.52 bits per heavy atom. The molecule has 7 nitrogen and oxygen atoms in total. The van der Waals surface area contributed by atoms with Crippen LogP contribution in [0.25, 0.3) is 0 Å². The van der Waals surface area contributed by atoms with E-state index in [-0.39, 0.29) is 35.3 Å². The maximum Gasteiger partial charge on any atom is 0.451 e. The average Bonchev–Trinajstić information content (AvgIpc) is 3.08. The zero-order chi connectivity index (χ0) is 23.3. The summed E-state index contributed by atoms with van der Waals surface area (Å²) in [6, 6.07) is 5.34. The van der Waals surface area contributed by atoms with Crippen LogP contribution in [0.2, 0.25) is 0 Å². The molecule has 170 valence electrons. The highest BCUT2D eigenvalue weighted by molar-refractivity contribution is 7.99. The summed E-state index contributed by atoms with van der Waals surface area (Å²) in [5.74, 6) is -2.00. The molecule has 2 aromatic rings. The van der Waals surface area contributed by atoms with Crippen molar-refractivity contribution in [3.8, 4) is 0 Å². The quantitative estimate of drug-likeness (QED) is 0.610. The third kappa shape index (κ3) is 6.22. The van der Waals surface area contributed by atoms with Gasteiger partial charge in [-0.2, -0.15) is 13.2 Å². The van der Waals surface area contributed by atoms with Gasteiger partial charge in [0.15, 0.2) is 5.16 Å². The third-order valence-electron chi connectivity index (χ3n) is 5.05. The lowest BCUT2D eigenvalue weighted by Gasteiger charge is -2.28. The highest BCUT2D eigenvalue weighted by Gasteiger charge is 2.37. The van der Waals surface area contributed by atoms with Gasteiger partial charge in [-0.1, -0.05) is 30.8 Å². The number of nitrogens with one attached hydrogen (secondary N) is 1. The topological polar surface area (TPSA) is 80.1 Å². The molecule has 0 aliphatic heterocycles. The van der Waals surface area contributed by atoms with E-state index in [9.17, 15) is 22.8 Å². The van der Waals surface area contributed by atoms with Crippen LogP contribution < -0.4 is 5.32 Å². The monoisotopic (exact) mass is 457 g/mol. The molecule has 2 rings (SSSR count). The fourth-order valence-corrected chi connectivity index (χ4v) is 3.63. The van der Waals surface area contributed by atoms with E-state index >= 15 is 0 Å². The molecule has 11 heteroatoms. The van der Waals surface area contributed by atoms with E-state index in [4.69, 9.17) is 0 Å². The van der Waals surface area contributed by atoms with E-state index in [1.54, 1.807) is 6.07 Å². The minimum Gasteiger partial charge on any atom is -0.330 e. The number of aryl methyl sites for hydroxylation is 1. The first kappa shape index (κ1) is 24.7. The molecule has 1 atom stereocenters. The van der Waals surface area contributed by atoms with Gasteiger partial charge in [0.25, 0.3) is 0 Å². The van der Waals surface area contributed by atoms with Gasteiger partial charge in [-0.25, -0.2) is 0 Å². The fourth-order valence-electron chi connectivity index (χ4n) is 2.84. The van der Waals surface area contributed by atoms with Crippen molar-refractivity contribution in [1.82, 2.24) is 19.7 Å². The zero-order valence-electron chi connectivity index (χ0n) is 18.1. The first-order valence-corrected chi connectivity index (χ1v) is 10.7. The second kappa shape index (κ2) is 10.2. The molecule has 0 saturated carbocycles. The molecule has 31 heavy (non-hydrogen) atoms. The Balaban J connectivity index is 2.06. The molecule has 0 spiro atoms. The van der Waals surface area contributed by atoms with Gasteiger partial charge in [-0.05, 0) is 44.4 Å². The first-order chi connectivity index (χ1) is 14.5. The standard InChI is InChI=1S/C20H26F3N5O2S/c1-6-13(3)28(10-16(29)24-15-9-7-8-12(2)14(15)4)17(30)11-31-19-26-25-18(27(19)5)20(21,22)23/h7-9,13H,6,10-11H2,1-5H3,(H,24,29)/t13-/m0/s1. The molecule has 2 amide bonds. The number of hydrogen-bond acceptors (Lipinski definition) is 5. The van der Waals surface area contributed by atoms with E-state index in [0.29, 0.717) is 12.1 Å². The summed E-state index contributed by atoms with van der Waals surface area (Å²) in [6.07, 6.45) is -4.01. The number of benzene rings is 1. The minimum absolute atomic E-state index is 0.0235. The molecule has 1 heterocycles. The minimum atomic E-state index is -4.63. The molecule has 0 unspecified atom stereocenters. The van der Waals surface area contributed by atoms with Crippen molar-refractivity contribution >= 4 is 29.3 Å². The number of hydrogen-bond donors (Lipinski definition) is 1. The lowest BCUT2D eigenvalue weighted by atomic mass is 10.1. The maximum atomic E-state index is 12.9. The van der Waals surface area contributed by atoms with Gasteiger partial charge in [0.2, 0.25) is 17.6 Å². The summed E-state index contributed by atoms with van der Waals surface area (Å²) in [5.41, 5.74) is 2.65. The van der Waals surface area contributed by atoms with E-state index < -0.39 is 12.0 Å². The van der Waals surface area contributed by atoms with Crippen LogP contribution in [0.5, 0.6) is 0 Å². The number of aromatic nitrogens is 3. The van der Waals surface area contributed by atoms with Gasteiger partial charge in [0, 0.05) is 18.8 Å². The number of nitrogens with zero attached hydrogens (tertiary/aromatic N) is 4. The van der Waals surface area contributed by atoms with E-state index in [2.05, 4.69) is 15.5 Å². The maximum absolute atomic E-state index is 12.9. The van der Waals surface area contributed by atoms with Crippen molar-refractivity contribution in [3.63, 3.8) is 0 Å². The van der Waals surface area contributed by atoms with Crippen molar-refractivity contribution in [2.24, 2.45) is 7.05 Å². The van der Waals surface area contributed by atoms with Crippen LogP contribution in [-0.2, 0) is 22.8 Å². The van der Waals surface area contributed by atoms with E-state index in [0.717, 1.165) is 27.5 Å². The molecule has 0 radical (unpaired) electrons. The average molecular weight is 458 g/mol. The Morgan fingerprint density at radius 1 is 1.26 bits per heavy atom. The van der Waals surface area contributed by atoms with Crippen LogP contribution in [-0.4, -0.2) is 49.8 Å². The zero-order valence-corrected chi connectivity index (χ0v) is 18.9. The lowest BCUT2D eigenvalue weighted by Crippen LogP contribution is -2.44. The number of alkyl halides is 3. The molecule has 0 bridgehead atoms. The largest absolute Gasteiger partial charge is 0.451 e. The van der Waals surface area contributed by atoms with Crippen LogP contribution in [0.15, 0.2) is 23.4 Å². The molecule has 0 aliphatic carbocycles. The molecule has 0 aliphatic rings. The van der Waals surface area contributed by atoms with Gasteiger partial charge in [-0.3, -0.25) is 9.59 Å². The summed E-state index contributed by atoms with van der Waals surface area (Å²) in [4.78, 5) is 26.8.